The van der Waals surface area contributed by atoms with E-state index in [0.717, 1.165) is 11.1 Å². The van der Waals surface area contributed by atoms with E-state index in [1.165, 1.54) is 10.9 Å². The van der Waals surface area contributed by atoms with Gasteiger partial charge in [-0.2, -0.15) is 10.5 Å². The van der Waals surface area contributed by atoms with Crippen LogP contribution in [0.2, 0.25) is 0 Å². The quantitative estimate of drug-likeness (QED) is 0.795. The first-order valence-electron chi connectivity index (χ1n) is 6.02. The Hall–Kier alpha value is -2.92. The van der Waals surface area contributed by atoms with Crippen molar-refractivity contribution < 1.29 is 4.79 Å². The van der Waals surface area contributed by atoms with Gasteiger partial charge in [0.05, 0.1) is 12.9 Å². The van der Waals surface area contributed by atoms with Gasteiger partial charge in [-0.15, -0.1) is 0 Å². The van der Waals surface area contributed by atoms with E-state index in [4.69, 9.17) is 10.5 Å². The fourth-order valence-corrected chi connectivity index (χ4v) is 2.07. The Balaban J connectivity index is 2.31. The number of rotatable bonds is 3. The number of carbonyl (C=O) groups excluding carboxylic acids is 1. The van der Waals surface area contributed by atoms with Gasteiger partial charge < -0.3 is 4.57 Å². The predicted molar refractivity (Wildman–Crippen MR) is 71.9 cm³/mol. The summed E-state index contributed by atoms with van der Waals surface area (Å²) in [5.74, 6) is -0.110. The van der Waals surface area contributed by atoms with Gasteiger partial charge >= 0.3 is 0 Å². The van der Waals surface area contributed by atoms with Crippen LogP contribution in [0.4, 0.5) is 0 Å². The van der Waals surface area contributed by atoms with Crippen LogP contribution in [-0.4, -0.2) is 15.3 Å². The van der Waals surface area contributed by atoms with Gasteiger partial charge in [0.2, 0.25) is 0 Å². The summed E-state index contributed by atoms with van der Waals surface area (Å²) in [6.07, 6.45) is 1.35. The molecular weight excluding hydrogens is 252 g/mol. The molecule has 0 aliphatic rings. The van der Waals surface area contributed by atoms with Gasteiger partial charge in [0.25, 0.3) is 0 Å². The summed E-state index contributed by atoms with van der Waals surface area (Å²) in [5, 5.41) is 17.8. The van der Waals surface area contributed by atoms with E-state index >= 15 is 0 Å². The van der Waals surface area contributed by atoms with Crippen LogP contribution in [0, 0.1) is 36.5 Å². The molecule has 0 amide bonds. The maximum atomic E-state index is 12.3. The summed E-state index contributed by atoms with van der Waals surface area (Å²) in [5.41, 5.74) is 2.76. The molecular formula is C15H12N4O. The summed E-state index contributed by atoms with van der Waals surface area (Å²) in [6.45, 7) is 3.84. The molecule has 5 heteroatoms. The lowest BCUT2D eigenvalue weighted by Crippen LogP contribution is -2.12. The number of aryl methyl sites for hydroxylation is 2. The van der Waals surface area contributed by atoms with Gasteiger partial charge in [-0.25, -0.2) is 4.98 Å². The minimum absolute atomic E-state index is 0.00146. The number of aromatic nitrogens is 2. The van der Waals surface area contributed by atoms with Crippen molar-refractivity contribution in [2.45, 2.75) is 20.4 Å². The van der Waals surface area contributed by atoms with E-state index in [0.29, 0.717) is 5.56 Å². The standard InChI is InChI=1S/C15H12N4O/c1-10-3-4-12(11(2)5-10)15(20)8-19-9-18-13(6-16)14(19)7-17/h3-5,9H,8H2,1-2H3. The second kappa shape index (κ2) is 5.38. The average Bonchev–Trinajstić information content (AvgIpc) is 2.80. The van der Waals surface area contributed by atoms with E-state index in [-0.39, 0.29) is 23.7 Å². The molecule has 2 rings (SSSR count). The molecule has 2 aromatic rings. The second-order valence-corrected chi connectivity index (χ2v) is 4.53. The van der Waals surface area contributed by atoms with Gasteiger partial charge in [-0.3, -0.25) is 4.79 Å². The third-order valence-electron chi connectivity index (χ3n) is 3.05. The van der Waals surface area contributed by atoms with Crippen molar-refractivity contribution in [3.8, 4) is 12.1 Å². The predicted octanol–water partition coefficient (Wildman–Crippen LogP) is 2.13. The third kappa shape index (κ3) is 2.43. The molecule has 98 valence electrons. The van der Waals surface area contributed by atoms with Crippen LogP contribution in [0.1, 0.15) is 32.9 Å². The molecule has 0 atom stereocenters. The van der Waals surface area contributed by atoms with Gasteiger partial charge in [0.1, 0.15) is 12.1 Å². The highest BCUT2D eigenvalue weighted by Crippen LogP contribution is 2.13. The van der Waals surface area contributed by atoms with Gasteiger partial charge in [-0.05, 0) is 19.4 Å². The van der Waals surface area contributed by atoms with Crippen molar-refractivity contribution in [3.05, 3.63) is 52.6 Å². The van der Waals surface area contributed by atoms with Crippen LogP contribution >= 0.6 is 0 Å². The van der Waals surface area contributed by atoms with E-state index < -0.39 is 0 Å². The minimum Gasteiger partial charge on any atom is -0.313 e. The Morgan fingerprint density at radius 3 is 2.65 bits per heavy atom. The molecule has 1 aromatic heterocycles. The van der Waals surface area contributed by atoms with Crippen LogP contribution < -0.4 is 0 Å². The number of hydrogen-bond donors (Lipinski definition) is 0. The zero-order valence-electron chi connectivity index (χ0n) is 11.2. The minimum atomic E-state index is -0.110. The largest absolute Gasteiger partial charge is 0.313 e. The molecule has 0 spiro atoms. The highest BCUT2D eigenvalue weighted by Gasteiger charge is 2.15. The second-order valence-electron chi connectivity index (χ2n) is 4.53. The van der Waals surface area contributed by atoms with E-state index in [1.54, 1.807) is 6.07 Å². The highest BCUT2D eigenvalue weighted by molar-refractivity contribution is 5.97. The first-order chi connectivity index (χ1) is 9.56. The highest BCUT2D eigenvalue weighted by atomic mass is 16.1. The molecule has 0 unspecified atom stereocenters. The molecule has 0 saturated carbocycles. The summed E-state index contributed by atoms with van der Waals surface area (Å²) >= 11 is 0. The average molecular weight is 264 g/mol. The molecule has 0 N–H and O–H groups in total. The summed E-state index contributed by atoms with van der Waals surface area (Å²) < 4.78 is 1.40. The molecule has 0 radical (unpaired) electrons. The fourth-order valence-electron chi connectivity index (χ4n) is 2.07. The van der Waals surface area contributed by atoms with E-state index in [2.05, 4.69) is 4.98 Å². The molecule has 0 aliphatic heterocycles. The number of ketones is 1. The normalized spacial score (nSPS) is 9.80. The van der Waals surface area contributed by atoms with Crippen molar-refractivity contribution >= 4 is 5.78 Å². The van der Waals surface area contributed by atoms with Gasteiger partial charge in [0.15, 0.2) is 17.2 Å². The van der Waals surface area contributed by atoms with Crippen molar-refractivity contribution in [2.24, 2.45) is 0 Å². The lowest BCUT2D eigenvalue weighted by atomic mass is 10.0. The number of carbonyl (C=O) groups is 1. The van der Waals surface area contributed by atoms with Crippen molar-refractivity contribution in [1.82, 2.24) is 9.55 Å². The Labute approximate surface area is 116 Å². The number of benzene rings is 1. The van der Waals surface area contributed by atoms with Gasteiger partial charge in [0, 0.05) is 5.56 Å². The van der Waals surface area contributed by atoms with Crippen LogP contribution in [0.5, 0.6) is 0 Å². The van der Waals surface area contributed by atoms with Gasteiger partial charge in [-0.1, -0.05) is 23.8 Å². The zero-order valence-corrected chi connectivity index (χ0v) is 11.2. The summed E-state index contributed by atoms with van der Waals surface area (Å²) in [7, 11) is 0. The van der Waals surface area contributed by atoms with Crippen LogP contribution in [0.25, 0.3) is 0 Å². The number of nitriles is 2. The molecule has 1 aromatic carbocycles. The lowest BCUT2D eigenvalue weighted by Gasteiger charge is -2.07. The molecule has 0 saturated heterocycles. The third-order valence-corrected chi connectivity index (χ3v) is 3.05. The molecule has 5 nitrogen and oxygen atoms in total. The number of imidazole rings is 1. The SMILES string of the molecule is Cc1ccc(C(=O)Cn2cnc(C#N)c2C#N)c(C)c1. The smallest absolute Gasteiger partial charge is 0.182 e. The number of Topliss-reactive ketones (excluding diaryl/α,β-unsaturated/α-hetero) is 1. The lowest BCUT2D eigenvalue weighted by molar-refractivity contribution is 0.0971. The zero-order chi connectivity index (χ0) is 14.7. The Bertz CT molecular complexity index is 759. The molecule has 0 aliphatic carbocycles. The summed E-state index contributed by atoms with van der Waals surface area (Å²) in [4.78, 5) is 16.1. The van der Waals surface area contributed by atoms with Crippen molar-refractivity contribution in [1.29, 1.82) is 10.5 Å². The number of hydrogen-bond acceptors (Lipinski definition) is 4. The van der Waals surface area contributed by atoms with Crippen molar-refractivity contribution in [3.63, 3.8) is 0 Å². The van der Waals surface area contributed by atoms with Crippen LogP contribution in [0.15, 0.2) is 24.5 Å². The molecule has 20 heavy (non-hydrogen) atoms. The first-order valence-corrected chi connectivity index (χ1v) is 6.02. The van der Waals surface area contributed by atoms with Crippen molar-refractivity contribution in [2.75, 3.05) is 0 Å². The summed E-state index contributed by atoms with van der Waals surface area (Å²) in [6, 6.07) is 9.33. The maximum Gasteiger partial charge on any atom is 0.182 e. The molecule has 0 bridgehead atoms. The molecule has 0 fully saturated rings. The molecule has 1 heterocycles. The fraction of sp³-hybridized carbons (Fsp3) is 0.200. The van der Waals surface area contributed by atoms with E-state index in [1.807, 2.05) is 38.1 Å². The van der Waals surface area contributed by atoms with Crippen LogP contribution in [0.3, 0.4) is 0 Å². The first kappa shape index (κ1) is 13.5. The monoisotopic (exact) mass is 264 g/mol. The maximum absolute atomic E-state index is 12.3. The Morgan fingerprint density at radius 2 is 2.05 bits per heavy atom. The Kier molecular flexibility index (Phi) is 3.63. The Morgan fingerprint density at radius 1 is 1.30 bits per heavy atom. The topological polar surface area (TPSA) is 82.5 Å². The number of nitrogens with zero attached hydrogens (tertiary/aromatic N) is 4. The van der Waals surface area contributed by atoms with E-state index in [9.17, 15) is 4.79 Å². The van der Waals surface area contributed by atoms with Crippen LogP contribution in [-0.2, 0) is 6.54 Å².